The molecule has 0 bridgehead atoms. The third kappa shape index (κ3) is 3.38. The number of rotatable bonds is 4. The summed E-state index contributed by atoms with van der Waals surface area (Å²) in [5.74, 6) is 0.442. The van der Waals surface area contributed by atoms with Crippen LogP contribution in [-0.4, -0.2) is 41.5 Å². The van der Waals surface area contributed by atoms with Gasteiger partial charge in [-0.25, -0.2) is 22.5 Å². The van der Waals surface area contributed by atoms with Gasteiger partial charge >= 0.3 is 0 Å². The minimum atomic E-state index is -3.70. The van der Waals surface area contributed by atoms with Crippen molar-refractivity contribution in [2.45, 2.75) is 5.16 Å². The first-order valence-corrected chi connectivity index (χ1v) is 10.3. The molecule has 29 heavy (non-hydrogen) atoms. The molecule has 0 aliphatic carbocycles. The molecule has 148 valence electrons. The van der Waals surface area contributed by atoms with Crippen molar-refractivity contribution < 1.29 is 17.5 Å². The standard InChI is InChI=1S/C19H16FN5O3S/c1-28-14-9-3-11(4-10-14)16-15-17(21)25(13-7-5-12(20)6-8-13)24-18(15)23-19(22-16)29(2,26)27/h3-10H,21H2,1-2H3. The lowest BCUT2D eigenvalue weighted by atomic mass is 10.1. The molecular formula is C19H16FN5O3S. The van der Waals surface area contributed by atoms with E-state index in [1.54, 1.807) is 31.4 Å². The molecule has 2 heterocycles. The number of benzene rings is 2. The Balaban J connectivity index is 2.02. The molecule has 0 unspecified atom stereocenters. The Hall–Kier alpha value is -3.53. The SMILES string of the molecule is COc1ccc(-c2nc(S(C)(=O)=O)nc3nn(-c4ccc(F)cc4)c(N)c23)cc1. The number of sulfone groups is 1. The normalized spacial score (nSPS) is 11.7. The molecule has 0 saturated carbocycles. The third-order valence-corrected chi connectivity index (χ3v) is 5.16. The molecule has 0 radical (unpaired) electrons. The van der Waals surface area contributed by atoms with E-state index in [0.29, 0.717) is 28.1 Å². The largest absolute Gasteiger partial charge is 0.497 e. The average Bonchev–Trinajstić information content (AvgIpc) is 3.04. The number of ether oxygens (including phenoxy) is 1. The van der Waals surface area contributed by atoms with Gasteiger partial charge in [-0.15, -0.1) is 5.10 Å². The predicted octanol–water partition coefficient (Wildman–Crippen LogP) is 2.62. The van der Waals surface area contributed by atoms with E-state index in [1.807, 2.05) is 0 Å². The fourth-order valence-electron chi connectivity index (χ4n) is 2.89. The summed E-state index contributed by atoms with van der Waals surface area (Å²) in [6.07, 6.45) is 1.02. The van der Waals surface area contributed by atoms with E-state index in [0.717, 1.165) is 6.26 Å². The van der Waals surface area contributed by atoms with Gasteiger partial charge in [0.15, 0.2) is 5.65 Å². The summed E-state index contributed by atoms with van der Waals surface area (Å²) >= 11 is 0. The van der Waals surface area contributed by atoms with Gasteiger partial charge in [-0.1, -0.05) is 0 Å². The third-order valence-electron chi connectivity index (χ3n) is 4.31. The summed E-state index contributed by atoms with van der Waals surface area (Å²) in [5.41, 5.74) is 7.88. The van der Waals surface area contributed by atoms with E-state index >= 15 is 0 Å². The Bertz CT molecular complexity index is 1320. The van der Waals surface area contributed by atoms with Crippen LogP contribution in [0.3, 0.4) is 0 Å². The second-order valence-corrected chi connectivity index (χ2v) is 8.24. The van der Waals surface area contributed by atoms with E-state index in [-0.39, 0.29) is 16.6 Å². The van der Waals surface area contributed by atoms with Crippen LogP contribution in [-0.2, 0) is 9.84 Å². The topological polar surface area (TPSA) is 113 Å². The molecule has 2 aromatic heterocycles. The first kappa shape index (κ1) is 18.8. The van der Waals surface area contributed by atoms with Gasteiger partial charge in [0.05, 0.1) is 23.9 Å². The highest BCUT2D eigenvalue weighted by Crippen LogP contribution is 2.33. The van der Waals surface area contributed by atoms with Gasteiger partial charge in [-0.05, 0) is 48.5 Å². The lowest BCUT2D eigenvalue weighted by Gasteiger charge is -2.07. The van der Waals surface area contributed by atoms with E-state index in [1.165, 1.54) is 28.9 Å². The molecule has 4 rings (SSSR count). The summed E-state index contributed by atoms with van der Waals surface area (Å²) in [6.45, 7) is 0. The Morgan fingerprint density at radius 3 is 2.28 bits per heavy atom. The second kappa shape index (κ2) is 6.82. The quantitative estimate of drug-likeness (QED) is 0.512. The van der Waals surface area contributed by atoms with Crippen molar-refractivity contribution in [3.63, 3.8) is 0 Å². The van der Waals surface area contributed by atoms with E-state index < -0.39 is 15.7 Å². The smallest absolute Gasteiger partial charge is 0.249 e. The molecule has 10 heteroatoms. The zero-order valence-electron chi connectivity index (χ0n) is 15.5. The van der Waals surface area contributed by atoms with Crippen LogP contribution in [0.4, 0.5) is 10.2 Å². The van der Waals surface area contributed by atoms with Gasteiger partial charge < -0.3 is 10.5 Å². The number of hydrogen-bond acceptors (Lipinski definition) is 7. The highest BCUT2D eigenvalue weighted by atomic mass is 32.2. The van der Waals surface area contributed by atoms with E-state index in [4.69, 9.17) is 10.5 Å². The Morgan fingerprint density at radius 2 is 1.69 bits per heavy atom. The number of methoxy groups -OCH3 is 1. The monoisotopic (exact) mass is 413 g/mol. The van der Waals surface area contributed by atoms with Gasteiger partial charge in [-0.2, -0.15) is 4.98 Å². The average molecular weight is 413 g/mol. The zero-order chi connectivity index (χ0) is 20.8. The van der Waals surface area contributed by atoms with Gasteiger partial charge in [0.25, 0.3) is 0 Å². The summed E-state index contributed by atoms with van der Waals surface area (Å²) in [6, 6.07) is 12.5. The molecule has 0 aliphatic rings. The van der Waals surface area contributed by atoms with Gasteiger partial charge in [0.2, 0.25) is 15.0 Å². The Labute approximate surface area is 165 Å². The van der Waals surface area contributed by atoms with Crippen molar-refractivity contribution in [2.75, 3.05) is 19.1 Å². The molecule has 4 aromatic rings. The highest BCUT2D eigenvalue weighted by molar-refractivity contribution is 7.90. The molecule has 0 aliphatic heterocycles. The molecule has 0 amide bonds. The first-order chi connectivity index (χ1) is 13.8. The highest BCUT2D eigenvalue weighted by Gasteiger charge is 2.22. The summed E-state index contributed by atoms with van der Waals surface area (Å²) in [4.78, 5) is 8.33. The van der Waals surface area contributed by atoms with Crippen molar-refractivity contribution in [2.24, 2.45) is 0 Å². The minimum Gasteiger partial charge on any atom is -0.497 e. The van der Waals surface area contributed by atoms with Crippen molar-refractivity contribution in [1.82, 2.24) is 19.7 Å². The van der Waals surface area contributed by atoms with Crippen LogP contribution in [0.5, 0.6) is 5.75 Å². The molecule has 0 saturated heterocycles. The van der Waals surface area contributed by atoms with Gasteiger partial charge in [0.1, 0.15) is 17.4 Å². The maximum Gasteiger partial charge on any atom is 0.249 e. The molecule has 0 atom stereocenters. The minimum absolute atomic E-state index is 0.119. The number of nitrogen functional groups attached to an aromatic ring is 1. The molecular weight excluding hydrogens is 397 g/mol. The summed E-state index contributed by atoms with van der Waals surface area (Å²) in [7, 11) is -2.15. The van der Waals surface area contributed by atoms with Crippen molar-refractivity contribution >= 4 is 26.7 Å². The molecule has 0 fully saturated rings. The maximum atomic E-state index is 13.3. The van der Waals surface area contributed by atoms with E-state index in [2.05, 4.69) is 15.1 Å². The first-order valence-electron chi connectivity index (χ1n) is 8.44. The van der Waals surface area contributed by atoms with E-state index in [9.17, 15) is 12.8 Å². The van der Waals surface area contributed by atoms with Crippen LogP contribution in [0.15, 0.2) is 53.7 Å². The van der Waals surface area contributed by atoms with Crippen molar-refractivity contribution in [1.29, 1.82) is 0 Å². The number of halogens is 1. The number of aromatic nitrogens is 4. The number of hydrogen-bond donors (Lipinski definition) is 1. The van der Waals surface area contributed by atoms with Crippen molar-refractivity contribution in [3.8, 4) is 22.7 Å². The number of fused-ring (bicyclic) bond motifs is 1. The Morgan fingerprint density at radius 1 is 1.03 bits per heavy atom. The maximum absolute atomic E-state index is 13.3. The number of anilines is 1. The van der Waals surface area contributed by atoms with Crippen LogP contribution in [0.1, 0.15) is 0 Å². The zero-order valence-corrected chi connectivity index (χ0v) is 16.3. The summed E-state index contributed by atoms with van der Waals surface area (Å²) in [5, 5.41) is 4.37. The van der Waals surface area contributed by atoms with Gasteiger partial charge in [-0.3, -0.25) is 0 Å². The molecule has 2 N–H and O–H groups in total. The van der Waals surface area contributed by atoms with Crippen LogP contribution in [0.25, 0.3) is 28.0 Å². The van der Waals surface area contributed by atoms with Crippen LogP contribution in [0, 0.1) is 5.82 Å². The molecule has 0 spiro atoms. The Kier molecular flexibility index (Phi) is 4.42. The fourth-order valence-corrected chi connectivity index (χ4v) is 3.40. The molecule has 8 nitrogen and oxygen atoms in total. The number of nitrogens with zero attached hydrogens (tertiary/aromatic N) is 4. The fraction of sp³-hybridized carbons (Fsp3) is 0.105. The van der Waals surface area contributed by atoms with Crippen LogP contribution < -0.4 is 10.5 Å². The van der Waals surface area contributed by atoms with Crippen LogP contribution >= 0.6 is 0 Å². The predicted molar refractivity (Wildman–Crippen MR) is 106 cm³/mol. The molecule has 2 aromatic carbocycles. The second-order valence-electron chi connectivity index (χ2n) is 6.33. The lowest BCUT2D eigenvalue weighted by Crippen LogP contribution is -2.05. The van der Waals surface area contributed by atoms with Crippen LogP contribution in [0.2, 0.25) is 0 Å². The van der Waals surface area contributed by atoms with Crippen molar-refractivity contribution in [3.05, 3.63) is 54.3 Å². The lowest BCUT2D eigenvalue weighted by molar-refractivity contribution is 0.415. The van der Waals surface area contributed by atoms with Gasteiger partial charge in [0, 0.05) is 11.8 Å². The number of nitrogens with two attached hydrogens (primary N) is 1. The summed E-state index contributed by atoms with van der Waals surface area (Å²) < 4.78 is 44.0.